The summed E-state index contributed by atoms with van der Waals surface area (Å²) >= 11 is 13.2. The Kier molecular flexibility index (Phi) is 5.86. The smallest absolute Gasteiger partial charge is 0.261 e. The summed E-state index contributed by atoms with van der Waals surface area (Å²) in [5.74, 6) is 0.341. The molecule has 0 aliphatic carbocycles. The first-order chi connectivity index (χ1) is 12.5. The Morgan fingerprint density at radius 2 is 1.96 bits per heavy atom. The third-order valence-electron chi connectivity index (χ3n) is 3.71. The van der Waals surface area contributed by atoms with Gasteiger partial charge in [0.25, 0.3) is 5.56 Å². The lowest BCUT2D eigenvalue weighted by Gasteiger charge is -2.09. The van der Waals surface area contributed by atoms with Crippen LogP contribution in [-0.4, -0.2) is 21.2 Å². The number of aromatic nitrogens is 2. The third-order valence-corrected chi connectivity index (χ3v) is 5.48. The lowest BCUT2D eigenvalue weighted by molar-refractivity contribution is -0.115. The van der Waals surface area contributed by atoms with Crippen molar-refractivity contribution in [1.82, 2.24) is 9.55 Å². The molecule has 0 fully saturated rings. The van der Waals surface area contributed by atoms with Crippen LogP contribution < -0.4 is 10.9 Å². The van der Waals surface area contributed by atoms with Crippen LogP contribution in [0.15, 0.2) is 52.4 Å². The van der Waals surface area contributed by atoms with Gasteiger partial charge in [0.05, 0.1) is 20.9 Å². The Bertz CT molecular complexity index is 1040. The number of hydrogen-bond donors (Lipinski definition) is 1. The van der Waals surface area contributed by atoms with E-state index in [4.69, 9.17) is 23.2 Å². The van der Waals surface area contributed by atoms with Gasteiger partial charge < -0.3 is 5.32 Å². The van der Waals surface area contributed by atoms with Gasteiger partial charge in [-0.1, -0.05) is 47.1 Å². The summed E-state index contributed by atoms with van der Waals surface area (Å²) in [6.45, 7) is 0. The maximum Gasteiger partial charge on any atom is 0.261 e. The second-order valence-corrected chi connectivity index (χ2v) is 7.43. The fourth-order valence-corrected chi connectivity index (χ4v) is 3.57. The van der Waals surface area contributed by atoms with Crippen LogP contribution in [0.3, 0.4) is 0 Å². The lowest BCUT2D eigenvalue weighted by atomic mass is 10.2. The molecular formula is C18H15Cl2N3O2S. The minimum Gasteiger partial charge on any atom is -0.326 e. The zero-order chi connectivity index (χ0) is 18.7. The monoisotopic (exact) mass is 407 g/mol. The van der Waals surface area contributed by atoms with Crippen LogP contribution in [0.25, 0.3) is 10.9 Å². The van der Waals surface area contributed by atoms with Gasteiger partial charge in [-0.05, 0) is 30.3 Å². The molecule has 0 saturated carbocycles. The maximum atomic E-state index is 12.4. The molecule has 0 aliphatic rings. The van der Waals surface area contributed by atoms with E-state index >= 15 is 0 Å². The number of carbonyl (C=O) groups is 1. The lowest BCUT2D eigenvalue weighted by Crippen LogP contribution is -2.20. The summed E-state index contributed by atoms with van der Waals surface area (Å²) in [6.07, 6.45) is 0.271. The van der Waals surface area contributed by atoms with E-state index in [2.05, 4.69) is 10.3 Å². The highest BCUT2D eigenvalue weighted by atomic mass is 35.5. The molecule has 26 heavy (non-hydrogen) atoms. The number of para-hydroxylation sites is 1. The molecule has 1 N–H and O–H groups in total. The molecule has 1 heterocycles. The predicted molar refractivity (Wildman–Crippen MR) is 107 cm³/mol. The molecule has 0 unspecified atom stereocenters. The number of fused-ring (bicyclic) bond motifs is 1. The minimum atomic E-state index is -0.151. The molecule has 5 nitrogen and oxygen atoms in total. The minimum absolute atomic E-state index is 0.0987. The number of thioether (sulfide) groups is 1. The van der Waals surface area contributed by atoms with Crippen LogP contribution in [0.2, 0.25) is 10.0 Å². The van der Waals surface area contributed by atoms with Gasteiger partial charge in [-0.15, -0.1) is 0 Å². The molecule has 0 aliphatic heterocycles. The molecule has 0 saturated heterocycles. The van der Waals surface area contributed by atoms with Gasteiger partial charge >= 0.3 is 0 Å². The Morgan fingerprint density at radius 3 is 2.73 bits per heavy atom. The number of rotatable bonds is 5. The molecule has 134 valence electrons. The standard InChI is InChI=1S/C18H15Cl2N3O2S/c1-23-17(25)12-4-2-3-5-15(12)22-18(23)26-9-8-16(24)21-11-6-7-13(19)14(20)10-11/h2-7,10H,8-9H2,1H3,(H,21,24). The highest BCUT2D eigenvalue weighted by Crippen LogP contribution is 2.25. The van der Waals surface area contributed by atoms with Crippen LogP contribution in [0.4, 0.5) is 5.69 Å². The van der Waals surface area contributed by atoms with Crippen molar-refractivity contribution in [2.45, 2.75) is 11.6 Å². The van der Waals surface area contributed by atoms with Crippen molar-refractivity contribution in [2.24, 2.45) is 7.05 Å². The largest absolute Gasteiger partial charge is 0.326 e. The fourth-order valence-electron chi connectivity index (χ4n) is 2.36. The molecule has 0 spiro atoms. The van der Waals surface area contributed by atoms with Gasteiger partial charge in [0.1, 0.15) is 0 Å². The SMILES string of the molecule is Cn1c(SCCC(=O)Nc2ccc(Cl)c(Cl)c2)nc2ccccc2c1=O. The van der Waals surface area contributed by atoms with E-state index in [0.29, 0.717) is 37.5 Å². The number of anilines is 1. The first kappa shape index (κ1) is 18.8. The Labute approximate surface area is 164 Å². The van der Waals surface area contributed by atoms with Crippen molar-refractivity contribution in [1.29, 1.82) is 0 Å². The number of hydrogen-bond acceptors (Lipinski definition) is 4. The van der Waals surface area contributed by atoms with Crippen LogP contribution in [0.1, 0.15) is 6.42 Å². The molecule has 0 bridgehead atoms. The van der Waals surface area contributed by atoms with Gasteiger partial charge in [0.2, 0.25) is 5.91 Å². The van der Waals surface area contributed by atoms with Gasteiger partial charge in [-0.3, -0.25) is 14.2 Å². The second-order valence-electron chi connectivity index (χ2n) is 5.55. The molecule has 8 heteroatoms. The van der Waals surface area contributed by atoms with E-state index in [0.717, 1.165) is 0 Å². The van der Waals surface area contributed by atoms with Gasteiger partial charge in [-0.2, -0.15) is 0 Å². The van der Waals surface area contributed by atoms with Crippen molar-refractivity contribution in [3.63, 3.8) is 0 Å². The number of amides is 1. The quantitative estimate of drug-likeness (QED) is 0.503. The molecule has 3 rings (SSSR count). The molecule has 0 radical (unpaired) electrons. The second kappa shape index (κ2) is 8.12. The Hall–Kier alpha value is -2.02. The van der Waals surface area contributed by atoms with Crippen LogP contribution >= 0.6 is 35.0 Å². The number of carbonyl (C=O) groups excluding carboxylic acids is 1. The topological polar surface area (TPSA) is 64.0 Å². The highest BCUT2D eigenvalue weighted by molar-refractivity contribution is 7.99. The highest BCUT2D eigenvalue weighted by Gasteiger charge is 2.10. The fraction of sp³-hybridized carbons (Fsp3) is 0.167. The van der Waals surface area contributed by atoms with E-state index in [1.165, 1.54) is 16.3 Å². The predicted octanol–water partition coefficient (Wildman–Crippen LogP) is 4.36. The maximum absolute atomic E-state index is 12.4. The van der Waals surface area contributed by atoms with E-state index in [-0.39, 0.29) is 17.9 Å². The molecule has 1 amide bonds. The Balaban J connectivity index is 1.63. The summed E-state index contributed by atoms with van der Waals surface area (Å²) < 4.78 is 1.50. The van der Waals surface area contributed by atoms with Crippen LogP contribution in [0, 0.1) is 0 Å². The van der Waals surface area contributed by atoms with Crippen molar-refractivity contribution < 1.29 is 4.79 Å². The normalized spacial score (nSPS) is 10.9. The molecular weight excluding hydrogens is 393 g/mol. The Morgan fingerprint density at radius 1 is 1.19 bits per heavy atom. The van der Waals surface area contributed by atoms with E-state index in [1.807, 2.05) is 12.1 Å². The van der Waals surface area contributed by atoms with E-state index < -0.39 is 0 Å². The number of nitrogens with zero attached hydrogens (tertiary/aromatic N) is 2. The molecule has 1 aromatic heterocycles. The first-order valence-electron chi connectivity index (χ1n) is 7.79. The van der Waals surface area contributed by atoms with E-state index in [1.54, 1.807) is 37.4 Å². The van der Waals surface area contributed by atoms with Crippen molar-refractivity contribution >= 4 is 57.5 Å². The zero-order valence-electron chi connectivity index (χ0n) is 13.8. The number of benzene rings is 2. The third kappa shape index (κ3) is 4.20. The molecule has 2 aromatic carbocycles. The van der Waals surface area contributed by atoms with Crippen molar-refractivity contribution in [3.05, 3.63) is 62.9 Å². The van der Waals surface area contributed by atoms with Gasteiger partial charge in [0, 0.05) is 24.9 Å². The zero-order valence-corrected chi connectivity index (χ0v) is 16.2. The molecule has 3 aromatic rings. The summed E-state index contributed by atoms with van der Waals surface area (Å²) in [7, 11) is 1.68. The van der Waals surface area contributed by atoms with Crippen LogP contribution in [0.5, 0.6) is 0 Å². The van der Waals surface area contributed by atoms with Gasteiger partial charge in [-0.25, -0.2) is 4.98 Å². The summed E-state index contributed by atoms with van der Waals surface area (Å²) in [6, 6.07) is 12.1. The van der Waals surface area contributed by atoms with E-state index in [9.17, 15) is 9.59 Å². The van der Waals surface area contributed by atoms with Gasteiger partial charge in [0.15, 0.2) is 5.16 Å². The number of halogens is 2. The summed E-state index contributed by atoms with van der Waals surface area (Å²) in [5.41, 5.74) is 1.14. The van der Waals surface area contributed by atoms with Crippen molar-refractivity contribution in [2.75, 3.05) is 11.1 Å². The van der Waals surface area contributed by atoms with Crippen molar-refractivity contribution in [3.8, 4) is 0 Å². The van der Waals surface area contributed by atoms with Crippen LogP contribution in [-0.2, 0) is 11.8 Å². The average Bonchev–Trinajstić information content (AvgIpc) is 2.62. The number of nitrogens with one attached hydrogen (secondary N) is 1. The first-order valence-corrected chi connectivity index (χ1v) is 9.53. The summed E-state index contributed by atoms with van der Waals surface area (Å²) in [5, 5.41) is 4.74. The molecule has 0 atom stereocenters. The average molecular weight is 408 g/mol. The summed E-state index contributed by atoms with van der Waals surface area (Å²) in [4.78, 5) is 28.9.